The largest absolute Gasteiger partial charge is 0.348 e. The number of likely N-dealkylation sites (tertiary alicyclic amines) is 1. The van der Waals surface area contributed by atoms with E-state index in [4.69, 9.17) is 10.2 Å². The summed E-state index contributed by atoms with van der Waals surface area (Å²) in [5.74, 6) is 0.871. The highest BCUT2D eigenvalue weighted by Gasteiger charge is 2.45. The van der Waals surface area contributed by atoms with Gasteiger partial charge in [0.25, 0.3) is 0 Å². The topological polar surface area (TPSA) is 67.2 Å². The van der Waals surface area contributed by atoms with Gasteiger partial charge in [-0.05, 0) is 80.2 Å². The van der Waals surface area contributed by atoms with Crippen LogP contribution in [0.25, 0.3) is 0 Å². The van der Waals surface area contributed by atoms with E-state index in [1.54, 1.807) is 9.70 Å². The van der Waals surface area contributed by atoms with Crippen molar-refractivity contribution in [3.8, 4) is 0 Å². The standard InChI is InChI=1S/C39H44N6O/c1-37(2,31-17-9-5-10-18-31)45-41-35(40-42-45)38(32-19-11-6-12-20-32)25-28-44(29-26-38)30-27-39(36(46)43(3)4,33-21-13-7-14-22-33)34-23-15-8-16-24-34/h5-24H,25-30H2,1-4H3. The van der Waals surface area contributed by atoms with E-state index < -0.39 is 11.0 Å². The Labute approximate surface area is 272 Å². The molecule has 7 heteroatoms. The Morgan fingerprint density at radius 2 is 1.22 bits per heavy atom. The SMILES string of the molecule is CN(C)C(=O)C(CCN1CCC(c2ccccc2)(c2nnn(C(C)(C)c3ccccc3)n2)CC1)(c1ccccc1)c1ccccc1. The van der Waals surface area contributed by atoms with Gasteiger partial charge in [0.2, 0.25) is 5.91 Å². The first-order chi connectivity index (χ1) is 22.3. The predicted molar refractivity (Wildman–Crippen MR) is 183 cm³/mol. The number of aromatic nitrogens is 4. The van der Waals surface area contributed by atoms with Crippen molar-refractivity contribution in [2.75, 3.05) is 33.7 Å². The molecule has 46 heavy (non-hydrogen) atoms. The van der Waals surface area contributed by atoms with Crippen molar-refractivity contribution in [1.29, 1.82) is 0 Å². The highest BCUT2D eigenvalue weighted by Crippen LogP contribution is 2.42. The van der Waals surface area contributed by atoms with Crippen LogP contribution in [-0.4, -0.2) is 69.6 Å². The minimum absolute atomic E-state index is 0.0994. The third-order valence-corrected chi connectivity index (χ3v) is 9.97. The van der Waals surface area contributed by atoms with Crippen LogP contribution in [0.15, 0.2) is 121 Å². The van der Waals surface area contributed by atoms with Gasteiger partial charge in [-0.2, -0.15) is 4.80 Å². The summed E-state index contributed by atoms with van der Waals surface area (Å²) in [6, 6.07) is 41.5. The van der Waals surface area contributed by atoms with Crippen molar-refractivity contribution in [2.45, 2.75) is 49.5 Å². The maximum Gasteiger partial charge on any atom is 0.237 e. The lowest BCUT2D eigenvalue weighted by atomic mass is 9.70. The molecule has 5 aromatic rings. The molecule has 7 nitrogen and oxygen atoms in total. The molecular formula is C39H44N6O. The zero-order valence-corrected chi connectivity index (χ0v) is 27.4. The van der Waals surface area contributed by atoms with Gasteiger partial charge in [-0.3, -0.25) is 4.79 Å². The van der Waals surface area contributed by atoms with Crippen LogP contribution in [0.3, 0.4) is 0 Å². The number of carbonyl (C=O) groups is 1. The highest BCUT2D eigenvalue weighted by molar-refractivity contribution is 5.92. The summed E-state index contributed by atoms with van der Waals surface area (Å²) in [6.45, 7) is 6.77. The molecule has 6 rings (SSSR count). The second-order valence-corrected chi connectivity index (χ2v) is 13.2. The van der Waals surface area contributed by atoms with Crippen molar-refractivity contribution in [3.05, 3.63) is 149 Å². The highest BCUT2D eigenvalue weighted by atomic mass is 16.2. The first kappa shape index (κ1) is 31.4. The monoisotopic (exact) mass is 612 g/mol. The van der Waals surface area contributed by atoms with Crippen molar-refractivity contribution >= 4 is 5.91 Å². The second kappa shape index (κ2) is 13.0. The zero-order valence-electron chi connectivity index (χ0n) is 27.4. The Balaban J connectivity index is 1.29. The lowest BCUT2D eigenvalue weighted by Crippen LogP contribution is -2.49. The molecule has 0 N–H and O–H groups in total. The normalized spacial score (nSPS) is 15.4. The molecule has 1 amide bonds. The molecule has 0 atom stereocenters. The van der Waals surface area contributed by atoms with Crippen LogP contribution in [-0.2, 0) is 21.2 Å². The van der Waals surface area contributed by atoms with Gasteiger partial charge in [0.15, 0.2) is 5.82 Å². The number of benzene rings is 4. The molecule has 4 aromatic carbocycles. The number of hydrogen-bond acceptors (Lipinski definition) is 5. The fraction of sp³-hybridized carbons (Fsp3) is 0.333. The molecule has 2 heterocycles. The summed E-state index contributed by atoms with van der Waals surface area (Å²) in [6.07, 6.45) is 2.40. The van der Waals surface area contributed by atoms with Gasteiger partial charge in [-0.1, -0.05) is 121 Å². The Morgan fingerprint density at radius 1 is 0.739 bits per heavy atom. The third kappa shape index (κ3) is 5.76. The first-order valence-electron chi connectivity index (χ1n) is 16.2. The zero-order chi connectivity index (χ0) is 32.2. The van der Waals surface area contributed by atoms with Crippen molar-refractivity contribution in [2.24, 2.45) is 0 Å². The number of carbonyl (C=O) groups excluding carboxylic acids is 1. The van der Waals surface area contributed by atoms with E-state index >= 15 is 0 Å². The number of amides is 1. The number of nitrogens with zero attached hydrogens (tertiary/aromatic N) is 6. The van der Waals surface area contributed by atoms with Crippen LogP contribution in [0.4, 0.5) is 0 Å². The smallest absolute Gasteiger partial charge is 0.237 e. The lowest BCUT2D eigenvalue weighted by molar-refractivity contribution is -0.133. The van der Waals surface area contributed by atoms with E-state index in [1.165, 1.54) is 5.56 Å². The molecule has 0 unspecified atom stereocenters. The summed E-state index contributed by atoms with van der Waals surface area (Å²) in [5.41, 5.74) is 2.83. The van der Waals surface area contributed by atoms with Gasteiger partial charge < -0.3 is 9.80 Å². The molecule has 1 aromatic heterocycles. The van der Waals surface area contributed by atoms with Crippen LogP contribution in [0.2, 0.25) is 0 Å². The van der Waals surface area contributed by atoms with E-state index in [0.717, 1.165) is 55.0 Å². The van der Waals surface area contributed by atoms with Gasteiger partial charge in [0.1, 0.15) is 11.0 Å². The number of rotatable bonds is 10. The third-order valence-electron chi connectivity index (χ3n) is 9.97. The Hall–Kier alpha value is -4.62. The lowest BCUT2D eigenvalue weighted by Gasteiger charge is -2.42. The molecule has 0 spiro atoms. The van der Waals surface area contributed by atoms with E-state index in [2.05, 4.69) is 90.7 Å². The minimum atomic E-state index is -0.784. The molecule has 1 saturated heterocycles. The van der Waals surface area contributed by atoms with E-state index in [-0.39, 0.29) is 11.3 Å². The van der Waals surface area contributed by atoms with Gasteiger partial charge in [0, 0.05) is 14.1 Å². The summed E-state index contributed by atoms with van der Waals surface area (Å²) in [4.78, 5) is 20.2. The van der Waals surface area contributed by atoms with E-state index in [0.29, 0.717) is 6.42 Å². The average Bonchev–Trinajstić information content (AvgIpc) is 3.63. The van der Waals surface area contributed by atoms with Crippen molar-refractivity contribution in [3.63, 3.8) is 0 Å². The Kier molecular flexibility index (Phi) is 8.87. The Morgan fingerprint density at radius 3 is 1.72 bits per heavy atom. The summed E-state index contributed by atoms with van der Waals surface area (Å²) in [5, 5.41) is 14.4. The maximum atomic E-state index is 14.2. The Bertz CT molecular complexity index is 1670. The second-order valence-electron chi connectivity index (χ2n) is 13.2. The molecule has 0 bridgehead atoms. The average molecular weight is 613 g/mol. The number of tetrazole rings is 1. The number of likely N-dealkylation sites (N-methyl/N-ethyl adjacent to an activating group) is 1. The van der Waals surface area contributed by atoms with Gasteiger partial charge in [0.05, 0.1) is 5.41 Å². The minimum Gasteiger partial charge on any atom is -0.348 e. The summed E-state index contributed by atoms with van der Waals surface area (Å²) >= 11 is 0. The van der Waals surface area contributed by atoms with Gasteiger partial charge >= 0.3 is 0 Å². The molecule has 0 aliphatic carbocycles. The predicted octanol–water partition coefficient (Wildman–Crippen LogP) is 6.30. The van der Waals surface area contributed by atoms with Crippen LogP contribution >= 0.6 is 0 Å². The molecule has 1 aliphatic heterocycles. The van der Waals surface area contributed by atoms with Gasteiger partial charge in [-0.15, -0.1) is 10.2 Å². The first-order valence-corrected chi connectivity index (χ1v) is 16.2. The van der Waals surface area contributed by atoms with Crippen LogP contribution in [0.1, 0.15) is 61.2 Å². The van der Waals surface area contributed by atoms with Crippen LogP contribution < -0.4 is 0 Å². The molecular weight excluding hydrogens is 568 g/mol. The molecule has 236 valence electrons. The molecule has 1 aliphatic rings. The fourth-order valence-corrected chi connectivity index (χ4v) is 7.12. The van der Waals surface area contributed by atoms with Crippen LogP contribution in [0.5, 0.6) is 0 Å². The quantitative estimate of drug-likeness (QED) is 0.185. The summed E-state index contributed by atoms with van der Waals surface area (Å²) in [7, 11) is 3.72. The molecule has 0 radical (unpaired) electrons. The number of hydrogen-bond donors (Lipinski definition) is 0. The van der Waals surface area contributed by atoms with E-state index in [9.17, 15) is 4.79 Å². The fourth-order valence-electron chi connectivity index (χ4n) is 7.12. The molecule has 1 fully saturated rings. The van der Waals surface area contributed by atoms with Crippen molar-refractivity contribution < 1.29 is 4.79 Å². The summed E-state index contributed by atoms with van der Waals surface area (Å²) < 4.78 is 0. The van der Waals surface area contributed by atoms with Crippen LogP contribution in [0, 0.1) is 0 Å². The number of piperidine rings is 1. The molecule has 0 saturated carbocycles. The van der Waals surface area contributed by atoms with Gasteiger partial charge in [-0.25, -0.2) is 0 Å². The van der Waals surface area contributed by atoms with Crippen molar-refractivity contribution in [1.82, 2.24) is 30.0 Å². The van der Waals surface area contributed by atoms with E-state index in [1.807, 2.05) is 68.7 Å². The maximum absolute atomic E-state index is 14.2.